The molecule has 3 aliphatic heterocycles. The van der Waals surface area contributed by atoms with Crippen molar-refractivity contribution in [2.75, 3.05) is 13.2 Å². The highest BCUT2D eigenvalue weighted by atomic mass is 35.5. The summed E-state index contributed by atoms with van der Waals surface area (Å²) in [7, 11) is 0. The molecule has 6 atom stereocenters. The van der Waals surface area contributed by atoms with Crippen LogP contribution in [-0.2, 0) is 27.4 Å². The van der Waals surface area contributed by atoms with E-state index in [0.717, 1.165) is 53.7 Å². The van der Waals surface area contributed by atoms with E-state index in [1.165, 1.54) is 0 Å². The van der Waals surface area contributed by atoms with E-state index in [4.69, 9.17) is 25.8 Å². The summed E-state index contributed by atoms with van der Waals surface area (Å²) in [6, 6.07) is 11.5. The third-order valence-corrected chi connectivity index (χ3v) is 8.53. The number of aliphatic hydroxyl groups excluding tert-OH is 4. The van der Waals surface area contributed by atoms with Gasteiger partial charge in [-0.3, -0.25) is 0 Å². The number of aliphatic hydroxyl groups is 4. The zero-order chi connectivity index (χ0) is 23.2. The number of ether oxygens (including phenoxy) is 3. The smallest absolute Gasteiger partial charge is 0.199 e. The molecular formula is C24H27ClO7S. The van der Waals surface area contributed by atoms with E-state index in [1.54, 1.807) is 0 Å². The monoisotopic (exact) mass is 494 g/mol. The molecule has 4 N–H and O–H groups in total. The number of fused-ring (bicyclic) bond motifs is 2. The average molecular weight is 495 g/mol. The van der Waals surface area contributed by atoms with Crippen LogP contribution in [0.15, 0.2) is 36.4 Å². The van der Waals surface area contributed by atoms with Gasteiger partial charge in [-0.25, -0.2) is 0 Å². The van der Waals surface area contributed by atoms with Crippen molar-refractivity contribution in [2.24, 2.45) is 0 Å². The summed E-state index contributed by atoms with van der Waals surface area (Å²) in [5.41, 5.74) is 3.41. The molecule has 2 aromatic carbocycles. The van der Waals surface area contributed by atoms with Crippen LogP contribution >= 0.6 is 23.4 Å². The predicted octanol–water partition coefficient (Wildman–Crippen LogP) is 2.32. The Morgan fingerprint density at radius 2 is 1.91 bits per heavy atom. The van der Waals surface area contributed by atoms with Crippen LogP contribution < -0.4 is 4.74 Å². The zero-order valence-electron chi connectivity index (χ0n) is 17.9. The summed E-state index contributed by atoms with van der Waals surface area (Å²) in [4.78, 5) is -1.28. The molecule has 0 aromatic heterocycles. The maximum atomic E-state index is 10.9. The van der Waals surface area contributed by atoms with Crippen LogP contribution in [0, 0.1) is 0 Å². The van der Waals surface area contributed by atoms with Gasteiger partial charge in [0.1, 0.15) is 18.0 Å². The van der Waals surface area contributed by atoms with Gasteiger partial charge in [-0.05, 0) is 53.8 Å². The van der Waals surface area contributed by atoms with Gasteiger partial charge < -0.3 is 34.6 Å². The first-order valence-corrected chi connectivity index (χ1v) is 12.3. The van der Waals surface area contributed by atoms with Crippen molar-refractivity contribution < 1.29 is 34.6 Å². The van der Waals surface area contributed by atoms with E-state index in [1.807, 2.05) is 36.4 Å². The summed E-state index contributed by atoms with van der Waals surface area (Å²) >= 11 is 7.72. The molecule has 7 nitrogen and oxygen atoms in total. The van der Waals surface area contributed by atoms with Gasteiger partial charge in [0.25, 0.3) is 0 Å². The highest BCUT2D eigenvalue weighted by Gasteiger charge is 2.57. The average Bonchev–Trinajstić information content (AvgIpc) is 3.45. The maximum absolute atomic E-state index is 10.9. The number of thioether (sulfide) groups is 1. The van der Waals surface area contributed by atoms with Gasteiger partial charge in [-0.2, -0.15) is 0 Å². The predicted molar refractivity (Wildman–Crippen MR) is 123 cm³/mol. The lowest BCUT2D eigenvalue weighted by Gasteiger charge is -2.45. The van der Waals surface area contributed by atoms with Gasteiger partial charge in [-0.1, -0.05) is 23.7 Å². The third-order valence-electron chi connectivity index (χ3n) is 6.51. The van der Waals surface area contributed by atoms with Gasteiger partial charge in [0, 0.05) is 17.0 Å². The Balaban J connectivity index is 1.40. The summed E-state index contributed by atoms with van der Waals surface area (Å²) in [6.45, 7) is 0.596. The number of hydrogen-bond acceptors (Lipinski definition) is 8. The largest absolute Gasteiger partial charge is 0.465 e. The van der Waals surface area contributed by atoms with Gasteiger partial charge in [0.2, 0.25) is 0 Å². The first-order chi connectivity index (χ1) is 15.9. The molecule has 0 bridgehead atoms. The molecule has 1 spiro atoms. The van der Waals surface area contributed by atoms with Crippen LogP contribution in [0.4, 0.5) is 0 Å². The molecular weight excluding hydrogens is 468 g/mol. The van der Waals surface area contributed by atoms with Crippen molar-refractivity contribution in [1.82, 2.24) is 0 Å². The number of hydrogen-bond donors (Lipinski definition) is 4. The molecule has 0 amide bonds. The molecule has 0 saturated carbocycles. The van der Waals surface area contributed by atoms with Crippen LogP contribution in [0.5, 0.6) is 5.75 Å². The van der Waals surface area contributed by atoms with E-state index in [0.29, 0.717) is 17.0 Å². The number of halogens is 1. The van der Waals surface area contributed by atoms with Gasteiger partial charge in [0.15, 0.2) is 11.2 Å². The fourth-order valence-corrected chi connectivity index (χ4v) is 6.48. The van der Waals surface area contributed by atoms with E-state index in [9.17, 15) is 20.4 Å². The highest BCUT2D eigenvalue weighted by molar-refractivity contribution is 8.00. The molecule has 178 valence electrons. The third kappa shape index (κ3) is 4.28. The minimum Gasteiger partial charge on any atom is -0.465 e. The van der Waals surface area contributed by atoms with E-state index < -0.39 is 28.5 Å². The standard InChI is InChI=1S/C24H27ClO7S/c25-18-10-15-12-31-24(23(29)22(28)21(27)19(11-26)33-24)17(15)9-14(18)8-13-3-5-16(6-4-13)32-20-2-1-7-30-20/h3-6,9-10,19-23,26-29H,1-2,7-8,11-12H2/t19-,20?,21-,22+,23-,24+/m1/s1. The summed E-state index contributed by atoms with van der Waals surface area (Å²) < 4.78 is 17.3. The molecule has 0 radical (unpaired) electrons. The van der Waals surface area contributed by atoms with Crippen LogP contribution in [0.2, 0.25) is 5.02 Å². The Labute approximate surface area is 201 Å². The number of rotatable bonds is 5. The minimum atomic E-state index is -1.44. The lowest BCUT2D eigenvalue weighted by molar-refractivity contribution is -0.147. The topological polar surface area (TPSA) is 109 Å². The SMILES string of the molecule is OC[C@H]1S[C@]2(OCc3cc(Cl)c(Cc4ccc(OC5CCCO5)cc4)cc32)[C@H](O)[C@@H](O)[C@@H]1O. The van der Waals surface area contributed by atoms with E-state index in [2.05, 4.69) is 0 Å². The molecule has 33 heavy (non-hydrogen) atoms. The lowest BCUT2D eigenvalue weighted by atomic mass is 9.91. The second-order valence-corrected chi connectivity index (χ2v) is 10.6. The zero-order valence-corrected chi connectivity index (χ0v) is 19.5. The molecule has 9 heteroatoms. The fourth-order valence-electron chi connectivity index (χ4n) is 4.68. The van der Waals surface area contributed by atoms with Crippen molar-refractivity contribution in [3.05, 3.63) is 63.7 Å². The lowest BCUT2D eigenvalue weighted by Crippen LogP contribution is -2.58. The summed E-state index contributed by atoms with van der Waals surface area (Å²) in [5, 5.41) is 41.1. The normalized spacial score (nSPS) is 33.4. The van der Waals surface area contributed by atoms with Crippen LogP contribution in [-0.4, -0.2) is 63.5 Å². The molecule has 3 heterocycles. The van der Waals surface area contributed by atoms with Crippen molar-refractivity contribution >= 4 is 23.4 Å². The Kier molecular flexibility index (Phi) is 6.63. The van der Waals surface area contributed by atoms with Crippen LogP contribution in [0.3, 0.4) is 0 Å². The summed E-state index contributed by atoms with van der Waals surface area (Å²) in [6.07, 6.45) is -1.78. The number of benzene rings is 2. The summed E-state index contributed by atoms with van der Waals surface area (Å²) in [5.74, 6) is 0.752. The van der Waals surface area contributed by atoms with Crippen molar-refractivity contribution in [3.63, 3.8) is 0 Å². The van der Waals surface area contributed by atoms with Crippen LogP contribution in [0.1, 0.15) is 35.1 Å². The van der Waals surface area contributed by atoms with Crippen molar-refractivity contribution in [2.45, 2.75) is 60.7 Å². The van der Waals surface area contributed by atoms with Gasteiger partial charge >= 0.3 is 0 Å². The second kappa shape index (κ2) is 9.36. The first-order valence-electron chi connectivity index (χ1n) is 11.1. The quantitative estimate of drug-likeness (QED) is 0.501. The van der Waals surface area contributed by atoms with Gasteiger partial charge in [-0.15, -0.1) is 11.8 Å². The molecule has 3 aliphatic rings. The molecule has 2 fully saturated rings. The Bertz CT molecular complexity index is 995. The van der Waals surface area contributed by atoms with Crippen molar-refractivity contribution in [3.8, 4) is 5.75 Å². The first kappa shape index (κ1) is 23.4. The Hall–Kier alpha value is -1.36. The van der Waals surface area contributed by atoms with Crippen LogP contribution in [0.25, 0.3) is 0 Å². The fraction of sp³-hybridized carbons (Fsp3) is 0.500. The Morgan fingerprint density at radius 1 is 1.12 bits per heavy atom. The molecule has 1 unspecified atom stereocenters. The van der Waals surface area contributed by atoms with E-state index in [-0.39, 0.29) is 19.5 Å². The molecule has 5 rings (SSSR count). The van der Waals surface area contributed by atoms with Gasteiger partial charge in [0.05, 0.1) is 31.2 Å². The van der Waals surface area contributed by atoms with Crippen molar-refractivity contribution in [1.29, 1.82) is 0 Å². The minimum absolute atomic E-state index is 0.186. The highest BCUT2D eigenvalue weighted by Crippen LogP contribution is 2.54. The Morgan fingerprint density at radius 3 is 2.61 bits per heavy atom. The molecule has 2 saturated heterocycles. The molecule has 2 aromatic rings. The van der Waals surface area contributed by atoms with E-state index >= 15 is 0 Å². The molecule has 0 aliphatic carbocycles. The maximum Gasteiger partial charge on any atom is 0.199 e. The second-order valence-electron chi connectivity index (χ2n) is 8.70.